The Morgan fingerprint density at radius 2 is 1.38 bits per heavy atom. The largest absolute Gasteiger partial charge is 0.465 e. The summed E-state index contributed by atoms with van der Waals surface area (Å²) >= 11 is 0. The molecular formula is C19H17NO4. The van der Waals surface area contributed by atoms with E-state index in [1.807, 2.05) is 0 Å². The lowest BCUT2D eigenvalue weighted by molar-refractivity contribution is 0.0817. The van der Waals surface area contributed by atoms with Crippen LogP contribution >= 0.6 is 0 Å². The van der Waals surface area contributed by atoms with Crippen LogP contribution in [0.3, 0.4) is 0 Å². The lowest BCUT2D eigenvalue weighted by Crippen LogP contribution is -2.50. The Labute approximate surface area is 139 Å². The van der Waals surface area contributed by atoms with E-state index in [1.54, 1.807) is 54.6 Å². The summed E-state index contributed by atoms with van der Waals surface area (Å²) in [5, 5.41) is 11.6. The van der Waals surface area contributed by atoms with E-state index in [2.05, 4.69) is 5.32 Å². The fourth-order valence-electron chi connectivity index (χ4n) is 3.01. The van der Waals surface area contributed by atoms with Gasteiger partial charge in [0.1, 0.15) is 0 Å². The first-order chi connectivity index (χ1) is 11.5. The molecule has 0 saturated heterocycles. The van der Waals surface area contributed by atoms with Gasteiger partial charge in [0, 0.05) is 11.1 Å². The van der Waals surface area contributed by atoms with Gasteiger partial charge in [-0.1, -0.05) is 54.6 Å². The zero-order chi connectivity index (χ0) is 17.2. The Morgan fingerprint density at radius 3 is 1.83 bits per heavy atom. The van der Waals surface area contributed by atoms with Gasteiger partial charge in [-0.25, -0.2) is 4.79 Å². The highest BCUT2D eigenvalue weighted by atomic mass is 16.4. The quantitative estimate of drug-likeness (QED) is 0.652. The standard InChI is InChI=1S/C19H17NO4/c21-16(13-5-2-1-3-6-13)17(22)14-7-9-15(10-8-14)19(11-4-12-19)20-18(23)24/h1-3,5-10,20H,4,11-12H2,(H,23,24). The third-order valence-corrected chi connectivity index (χ3v) is 4.50. The molecule has 24 heavy (non-hydrogen) atoms. The van der Waals surface area contributed by atoms with E-state index >= 15 is 0 Å². The molecule has 2 aromatic rings. The summed E-state index contributed by atoms with van der Waals surface area (Å²) in [6.07, 6.45) is 1.35. The average molecular weight is 323 g/mol. The molecule has 1 aliphatic carbocycles. The monoisotopic (exact) mass is 323 g/mol. The number of benzene rings is 2. The molecule has 0 aromatic heterocycles. The van der Waals surface area contributed by atoms with Crippen molar-refractivity contribution in [1.29, 1.82) is 0 Å². The highest BCUT2D eigenvalue weighted by molar-refractivity contribution is 6.49. The summed E-state index contributed by atoms with van der Waals surface area (Å²) in [5.41, 5.74) is 0.906. The molecular weight excluding hydrogens is 306 g/mol. The van der Waals surface area contributed by atoms with Gasteiger partial charge in [-0.15, -0.1) is 0 Å². The van der Waals surface area contributed by atoms with Crippen molar-refractivity contribution in [1.82, 2.24) is 5.32 Å². The van der Waals surface area contributed by atoms with Crippen molar-refractivity contribution >= 4 is 17.7 Å². The van der Waals surface area contributed by atoms with Crippen LogP contribution in [0, 0.1) is 0 Å². The highest BCUT2D eigenvalue weighted by Crippen LogP contribution is 2.41. The predicted octanol–water partition coefficient (Wildman–Crippen LogP) is 3.40. The van der Waals surface area contributed by atoms with Crippen LogP contribution in [-0.4, -0.2) is 22.8 Å². The van der Waals surface area contributed by atoms with Crippen LogP contribution in [0.25, 0.3) is 0 Å². The molecule has 2 aromatic carbocycles. The molecule has 1 amide bonds. The predicted molar refractivity (Wildman–Crippen MR) is 88.2 cm³/mol. The number of carbonyl (C=O) groups excluding carboxylic acids is 2. The molecule has 2 N–H and O–H groups in total. The fraction of sp³-hybridized carbons (Fsp3) is 0.211. The second kappa shape index (κ2) is 6.28. The minimum atomic E-state index is -1.06. The molecule has 5 nitrogen and oxygen atoms in total. The van der Waals surface area contributed by atoms with Gasteiger partial charge in [0.15, 0.2) is 0 Å². The van der Waals surface area contributed by atoms with Crippen molar-refractivity contribution in [3.63, 3.8) is 0 Å². The highest BCUT2D eigenvalue weighted by Gasteiger charge is 2.40. The number of ketones is 2. The Morgan fingerprint density at radius 1 is 0.833 bits per heavy atom. The van der Waals surface area contributed by atoms with Crippen molar-refractivity contribution in [3.8, 4) is 0 Å². The van der Waals surface area contributed by atoms with Crippen LogP contribution in [0.4, 0.5) is 4.79 Å². The van der Waals surface area contributed by atoms with E-state index in [4.69, 9.17) is 5.11 Å². The van der Waals surface area contributed by atoms with E-state index < -0.39 is 23.2 Å². The van der Waals surface area contributed by atoms with Crippen LogP contribution in [0.2, 0.25) is 0 Å². The zero-order valence-corrected chi connectivity index (χ0v) is 13.0. The van der Waals surface area contributed by atoms with Gasteiger partial charge in [-0.3, -0.25) is 9.59 Å². The molecule has 5 heteroatoms. The third kappa shape index (κ3) is 2.93. The maximum Gasteiger partial charge on any atom is 0.405 e. The summed E-state index contributed by atoms with van der Waals surface area (Å²) in [7, 11) is 0. The summed E-state index contributed by atoms with van der Waals surface area (Å²) < 4.78 is 0. The molecule has 122 valence electrons. The molecule has 0 radical (unpaired) electrons. The van der Waals surface area contributed by atoms with E-state index in [-0.39, 0.29) is 0 Å². The second-order valence-corrected chi connectivity index (χ2v) is 5.97. The third-order valence-electron chi connectivity index (χ3n) is 4.50. The number of rotatable bonds is 5. The first-order valence-electron chi connectivity index (χ1n) is 7.78. The summed E-state index contributed by atoms with van der Waals surface area (Å²) in [6.45, 7) is 0. The summed E-state index contributed by atoms with van der Waals surface area (Å²) in [5.74, 6) is -1.12. The number of hydrogen-bond donors (Lipinski definition) is 2. The number of hydrogen-bond acceptors (Lipinski definition) is 3. The van der Waals surface area contributed by atoms with Crippen molar-refractivity contribution in [3.05, 3.63) is 71.3 Å². The molecule has 0 unspecified atom stereocenters. The topological polar surface area (TPSA) is 83.5 Å². The molecule has 0 atom stereocenters. The van der Waals surface area contributed by atoms with Crippen LogP contribution in [0.1, 0.15) is 45.5 Å². The lowest BCUT2D eigenvalue weighted by Gasteiger charge is -2.42. The SMILES string of the molecule is O=C(O)NC1(c2ccc(C(=O)C(=O)c3ccccc3)cc2)CCC1. The second-order valence-electron chi connectivity index (χ2n) is 5.97. The van der Waals surface area contributed by atoms with Crippen molar-refractivity contribution in [2.45, 2.75) is 24.8 Å². The normalized spacial score (nSPS) is 15.2. The van der Waals surface area contributed by atoms with Gasteiger partial charge in [0.2, 0.25) is 11.6 Å². The van der Waals surface area contributed by atoms with Crippen LogP contribution in [0.5, 0.6) is 0 Å². The summed E-state index contributed by atoms with van der Waals surface area (Å²) in [6, 6.07) is 15.0. The van der Waals surface area contributed by atoms with Crippen molar-refractivity contribution < 1.29 is 19.5 Å². The summed E-state index contributed by atoms with van der Waals surface area (Å²) in [4.78, 5) is 35.5. The maximum atomic E-state index is 12.3. The van der Waals surface area contributed by atoms with Gasteiger partial charge in [0.05, 0.1) is 5.54 Å². The van der Waals surface area contributed by atoms with Gasteiger partial charge in [-0.05, 0) is 24.8 Å². The Hall–Kier alpha value is -2.95. The Balaban J connectivity index is 1.81. The minimum absolute atomic E-state index is 0.303. The van der Waals surface area contributed by atoms with Crippen LogP contribution in [-0.2, 0) is 5.54 Å². The van der Waals surface area contributed by atoms with E-state index in [0.717, 1.165) is 24.8 Å². The maximum absolute atomic E-state index is 12.3. The number of nitrogens with one attached hydrogen (secondary N) is 1. The molecule has 0 spiro atoms. The zero-order valence-electron chi connectivity index (χ0n) is 13.0. The van der Waals surface area contributed by atoms with Gasteiger partial charge in [-0.2, -0.15) is 0 Å². The fourth-order valence-corrected chi connectivity index (χ4v) is 3.01. The van der Waals surface area contributed by atoms with Gasteiger partial charge >= 0.3 is 6.09 Å². The molecule has 0 aliphatic heterocycles. The molecule has 1 saturated carbocycles. The van der Waals surface area contributed by atoms with Crippen molar-refractivity contribution in [2.24, 2.45) is 0 Å². The van der Waals surface area contributed by atoms with Crippen LogP contribution in [0.15, 0.2) is 54.6 Å². The minimum Gasteiger partial charge on any atom is -0.465 e. The lowest BCUT2D eigenvalue weighted by atomic mass is 9.71. The molecule has 0 heterocycles. The van der Waals surface area contributed by atoms with Crippen molar-refractivity contribution in [2.75, 3.05) is 0 Å². The molecule has 0 bridgehead atoms. The number of carboxylic acid groups (broad SMARTS) is 1. The van der Waals surface area contributed by atoms with Gasteiger partial charge in [0.25, 0.3) is 0 Å². The van der Waals surface area contributed by atoms with E-state index in [0.29, 0.717) is 11.1 Å². The number of amides is 1. The number of carbonyl (C=O) groups is 3. The number of Topliss-reactive ketones (excluding diaryl/α,β-unsaturated/α-hetero) is 2. The van der Waals surface area contributed by atoms with E-state index in [1.165, 1.54) is 0 Å². The Bertz CT molecular complexity index is 777. The Kier molecular flexibility index (Phi) is 4.16. The van der Waals surface area contributed by atoms with Gasteiger partial charge < -0.3 is 10.4 Å². The average Bonchev–Trinajstić information content (AvgIpc) is 2.57. The first-order valence-corrected chi connectivity index (χ1v) is 7.78. The first kappa shape index (κ1) is 15.9. The smallest absolute Gasteiger partial charge is 0.405 e. The molecule has 1 fully saturated rings. The van der Waals surface area contributed by atoms with E-state index in [9.17, 15) is 14.4 Å². The molecule has 1 aliphatic rings. The van der Waals surface area contributed by atoms with Crippen LogP contribution < -0.4 is 5.32 Å². The molecule has 3 rings (SSSR count).